The lowest BCUT2D eigenvalue weighted by atomic mass is 9.98. The van der Waals surface area contributed by atoms with Crippen LogP contribution in [0.15, 0.2) is 62.0 Å². The Morgan fingerprint density at radius 3 is 2.97 bits per heavy atom. The third-order valence-electron chi connectivity index (χ3n) is 4.98. The van der Waals surface area contributed by atoms with Gasteiger partial charge in [0, 0.05) is 18.9 Å². The number of hydrogen-bond acceptors (Lipinski definition) is 7. The zero-order chi connectivity index (χ0) is 20.2. The number of aromatic hydroxyl groups is 1. The molecule has 0 saturated carbocycles. The SMILES string of the molecule is O=c1[nH]c(=O)n(Cc2ccco2)c(O)c1/C=N/N1CCCC[C@H]1c1cccnc1. The fourth-order valence-electron chi connectivity index (χ4n) is 3.49. The van der Waals surface area contributed by atoms with Crippen molar-refractivity contribution < 1.29 is 9.52 Å². The summed E-state index contributed by atoms with van der Waals surface area (Å²) >= 11 is 0. The van der Waals surface area contributed by atoms with Crippen LogP contribution < -0.4 is 11.2 Å². The summed E-state index contributed by atoms with van der Waals surface area (Å²) < 4.78 is 6.26. The van der Waals surface area contributed by atoms with Gasteiger partial charge in [-0.25, -0.2) is 4.79 Å². The average Bonchev–Trinajstić information content (AvgIpc) is 3.25. The monoisotopic (exact) mass is 395 g/mol. The molecule has 0 aliphatic carbocycles. The predicted octanol–water partition coefficient (Wildman–Crippen LogP) is 1.84. The Morgan fingerprint density at radius 2 is 2.21 bits per heavy atom. The quantitative estimate of drug-likeness (QED) is 0.637. The first-order valence-corrected chi connectivity index (χ1v) is 9.42. The minimum atomic E-state index is -0.716. The molecule has 0 radical (unpaired) electrons. The topological polar surface area (TPSA) is 117 Å². The number of hydrogen-bond donors (Lipinski definition) is 2. The zero-order valence-corrected chi connectivity index (χ0v) is 15.7. The highest BCUT2D eigenvalue weighted by molar-refractivity contribution is 5.81. The Balaban J connectivity index is 1.65. The van der Waals surface area contributed by atoms with Crippen molar-refractivity contribution in [1.82, 2.24) is 19.5 Å². The number of aromatic amines is 1. The highest BCUT2D eigenvalue weighted by atomic mass is 16.3. The van der Waals surface area contributed by atoms with E-state index < -0.39 is 17.1 Å². The molecule has 3 aromatic rings. The average molecular weight is 395 g/mol. The second kappa shape index (κ2) is 8.17. The Bertz CT molecular complexity index is 1100. The summed E-state index contributed by atoms with van der Waals surface area (Å²) in [5.41, 5.74) is -0.439. The second-order valence-corrected chi connectivity index (χ2v) is 6.87. The van der Waals surface area contributed by atoms with Crippen LogP contribution in [0.1, 0.15) is 42.2 Å². The molecule has 9 nitrogen and oxygen atoms in total. The van der Waals surface area contributed by atoms with Gasteiger partial charge < -0.3 is 9.52 Å². The summed E-state index contributed by atoms with van der Waals surface area (Å²) in [5.74, 6) is 0.0267. The lowest BCUT2D eigenvalue weighted by molar-refractivity contribution is 0.156. The Hall–Kier alpha value is -3.62. The molecule has 0 bridgehead atoms. The van der Waals surface area contributed by atoms with Crippen molar-refractivity contribution in [1.29, 1.82) is 0 Å². The maximum atomic E-state index is 12.3. The Kier molecular flexibility index (Phi) is 5.28. The van der Waals surface area contributed by atoms with E-state index in [-0.39, 0.29) is 18.2 Å². The van der Waals surface area contributed by atoms with E-state index in [1.165, 1.54) is 12.5 Å². The zero-order valence-electron chi connectivity index (χ0n) is 15.7. The van der Waals surface area contributed by atoms with Crippen molar-refractivity contribution in [3.05, 3.63) is 80.6 Å². The molecule has 1 aliphatic heterocycles. The van der Waals surface area contributed by atoms with Crippen LogP contribution in [0.4, 0.5) is 0 Å². The largest absolute Gasteiger partial charge is 0.494 e. The number of nitrogens with zero attached hydrogens (tertiary/aromatic N) is 4. The maximum Gasteiger partial charge on any atom is 0.331 e. The minimum absolute atomic E-state index is 0.00267. The van der Waals surface area contributed by atoms with E-state index in [0.29, 0.717) is 5.76 Å². The molecule has 150 valence electrons. The maximum absolute atomic E-state index is 12.3. The van der Waals surface area contributed by atoms with Gasteiger partial charge in [0.1, 0.15) is 11.3 Å². The molecular weight excluding hydrogens is 374 g/mol. The van der Waals surface area contributed by atoms with E-state index in [4.69, 9.17) is 4.42 Å². The van der Waals surface area contributed by atoms with Gasteiger partial charge in [0.05, 0.1) is 25.1 Å². The van der Waals surface area contributed by atoms with Gasteiger partial charge in [-0.15, -0.1) is 0 Å². The molecule has 0 aromatic carbocycles. The molecule has 9 heteroatoms. The summed E-state index contributed by atoms with van der Waals surface area (Å²) in [4.78, 5) is 30.8. The lowest BCUT2D eigenvalue weighted by Crippen LogP contribution is -2.33. The fraction of sp³-hybridized carbons (Fsp3) is 0.300. The molecule has 1 saturated heterocycles. The summed E-state index contributed by atoms with van der Waals surface area (Å²) in [5, 5.41) is 16.9. The number of nitrogens with one attached hydrogen (secondary N) is 1. The van der Waals surface area contributed by atoms with Gasteiger partial charge in [-0.3, -0.25) is 24.3 Å². The van der Waals surface area contributed by atoms with E-state index in [1.54, 1.807) is 18.3 Å². The van der Waals surface area contributed by atoms with Crippen LogP contribution in [0.2, 0.25) is 0 Å². The van der Waals surface area contributed by atoms with Crippen LogP contribution in [-0.2, 0) is 6.54 Å². The molecule has 4 heterocycles. The molecule has 1 atom stereocenters. The highest BCUT2D eigenvalue weighted by Gasteiger charge is 2.23. The standard InChI is InChI=1S/C20H21N5O4/c26-18-16(19(27)24(20(28)23-18)13-15-6-4-10-29-15)12-22-25-9-2-1-7-17(25)14-5-3-8-21-11-14/h3-6,8,10-12,17,27H,1-2,7,9,13H2,(H,23,26,28)/b22-12+/t17-/m0/s1. The molecule has 4 rings (SSSR count). The van der Waals surface area contributed by atoms with Crippen molar-refractivity contribution in [3.8, 4) is 5.88 Å². The summed E-state index contributed by atoms with van der Waals surface area (Å²) in [6.45, 7) is 0.720. The summed E-state index contributed by atoms with van der Waals surface area (Å²) in [7, 11) is 0. The van der Waals surface area contributed by atoms with E-state index in [1.807, 2.05) is 23.3 Å². The van der Waals surface area contributed by atoms with Crippen molar-refractivity contribution in [3.63, 3.8) is 0 Å². The van der Waals surface area contributed by atoms with Crippen molar-refractivity contribution in [2.75, 3.05) is 6.54 Å². The molecule has 0 unspecified atom stereocenters. The first-order valence-electron chi connectivity index (χ1n) is 9.42. The van der Waals surface area contributed by atoms with Crippen LogP contribution in [0.25, 0.3) is 0 Å². The number of piperidine rings is 1. The van der Waals surface area contributed by atoms with Crippen molar-refractivity contribution >= 4 is 6.21 Å². The normalized spacial score (nSPS) is 17.1. The first kappa shape index (κ1) is 18.7. The number of pyridine rings is 1. The molecule has 2 N–H and O–H groups in total. The summed E-state index contributed by atoms with van der Waals surface area (Å²) in [6.07, 6.45) is 9.29. The van der Waals surface area contributed by atoms with Gasteiger partial charge in [-0.1, -0.05) is 6.07 Å². The van der Waals surface area contributed by atoms with Gasteiger partial charge in [0.15, 0.2) is 0 Å². The molecular formula is C20H21N5O4. The smallest absolute Gasteiger partial charge is 0.331 e. The Labute approximate surface area is 166 Å². The van der Waals surface area contributed by atoms with Crippen LogP contribution in [0, 0.1) is 0 Å². The van der Waals surface area contributed by atoms with E-state index >= 15 is 0 Å². The first-order chi connectivity index (χ1) is 14.1. The molecule has 0 spiro atoms. The van der Waals surface area contributed by atoms with Crippen LogP contribution in [-0.4, -0.2) is 37.4 Å². The molecule has 29 heavy (non-hydrogen) atoms. The molecule has 1 aliphatic rings. The van der Waals surface area contributed by atoms with Gasteiger partial charge in [-0.05, 0) is 43.0 Å². The predicted molar refractivity (Wildman–Crippen MR) is 106 cm³/mol. The van der Waals surface area contributed by atoms with Crippen molar-refractivity contribution in [2.45, 2.75) is 31.8 Å². The van der Waals surface area contributed by atoms with Gasteiger partial charge in [0.25, 0.3) is 5.56 Å². The van der Waals surface area contributed by atoms with Gasteiger partial charge in [0.2, 0.25) is 5.88 Å². The number of furan rings is 1. The third kappa shape index (κ3) is 3.98. The minimum Gasteiger partial charge on any atom is -0.494 e. The summed E-state index contributed by atoms with van der Waals surface area (Å²) in [6, 6.07) is 7.29. The molecule has 1 fully saturated rings. The van der Waals surface area contributed by atoms with Crippen molar-refractivity contribution in [2.24, 2.45) is 5.10 Å². The van der Waals surface area contributed by atoms with Crippen LogP contribution in [0.3, 0.4) is 0 Å². The number of H-pyrrole nitrogens is 1. The lowest BCUT2D eigenvalue weighted by Gasteiger charge is -2.33. The second-order valence-electron chi connectivity index (χ2n) is 6.87. The molecule has 3 aromatic heterocycles. The number of rotatable bonds is 5. The third-order valence-corrected chi connectivity index (χ3v) is 4.98. The van der Waals surface area contributed by atoms with Crippen LogP contribution >= 0.6 is 0 Å². The number of hydrazone groups is 1. The molecule has 0 amide bonds. The van der Waals surface area contributed by atoms with E-state index in [2.05, 4.69) is 15.1 Å². The van der Waals surface area contributed by atoms with E-state index in [9.17, 15) is 14.7 Å². The fourth-order valence-corrected chi connectivity index (χ4v) is 3.49. The van der Waals surface area contributed by atoms with Crippen LogP contribution in [0.5, 0.6) is 5.88 Å². The van der Waals surface area contributed by atoms with Gasteiger partial charge in [-0.2, -0.15) is 5.10 Å². The number of aromatic nitrogens is 3. The Morgan fingerprint density at radius 1 is 1.31 bits per heavy atom. The highest BCUT2D eigenvalue weighted by Crippen LogP contribution is 2.30. The van der Waals surface area contributed by atoms with Gasteiger partial charge >= 0.3 is 5.69 Å². The van der Waals surface area contributed by atoms with E-state index in [0.717, 1.165) is 35.9 Å².